The highest BCUT2D eigenvalue weighted by Crippen LogP contribution is 2.32. The van der Waals surface area contributed by atoms with Crippen LogP contribution in [0.1, 0.15) is 11.1 Å². The summed E-state index contributed by atoms with van der Waals surface area (Å²) in [7, 11) is 0. The maximum Gasteiger partial charge on any atom is 0.335 e. The Balaban J connectivity index is 1.57. The van der Waals surface area contributed by atoms with Crippen LogP contribution in [0.25, 0.3) is 16.8 Å². The third kappa shape index (κ3) is 4.82. The second-order valence-corrected chi connectivity index (χ2v) is 9.88. The number of imide groups is 2. The second kappa shape index (κ2) is 10.1. The Hall–Kier alpha value is -3.75. The zero-order valence-corrected chi connectivity index (χ0v) is 21.9. The quantitative estimate of drug-likeness (QED) is 0.205. The lowest BCUT2D eigenvalue weighted by Gasteiger charge is -2.26. The third-order valence-corrected chi connectivity index (χ3v) is 6.77. The van der Waals surface area contributed by atoms with Gasteiger partial charge in [0.25, 0.3) is 11.8 Å². The van der Waals surface area contributed by atoms with Crippen molar-refractivity contribution in [1.29, 1.82) is 0 Å². The van der Waals surface area contributed by atoms with Gasteiger partial charge in [0.15, 0.2) is 0 Å². The molecule has 1 heterocycles. The van der Waals surface area contributed by atoms with Gasteiger partial charge in [0.1, 0.15) is 17.9 Å². The Bertz CT molecular complexity index is 1530. The largest absolute Gasteiger partial charge is 0.488 e. The number of amides is 4. The molecule has 36 heavy (non-hydrogen) atoms. The molecule has 0 bridgehead atoms. The number of hydrogen-bond donors (Lipinski definition) is 1. The van der Waals surface area contributed by atoms with Gasteiger partial charge in [-0.15, -0.1) is 0 Å². The molecule has 0 spiro atoms. The van der Waals surface area contributed by atoms with E-state index in [0.717, 1.165) is 30.2 Å². The molecule has 4 amide bonds. The Morgan fingerprint density at radius 2 is 1.47 bits per heavy atom. The number of nitrogens with one attached hydrogen (secondary N) is 1. The first-order valence-electron chi connectivity index (χ1n) is 11.0. The van der Waals surface area contributed by atoms with E-state index in [1.807, 2.05) is 60.7 Å². The van der Waals surface area contributed by atoms with E-state index < -0.39 is 17.8 Å². The van der Waals surface area contributed by atoms with E-state index in [-0.39, 0.29) is 5.57 Å². The van der Waals surface area contributed by atoms with Gasteiger partial charge in [0.2, 0.25) is 0 Å². The summed E-state index contributed by atoms with van der Waals surface area (Å²) in [6.45, 7) is 0.297. The minimum atomic E-state index is -0.797. The van der Waals surface area contributed by atoms with Crippen molar-refractivity contribution >= 4 is 72.2 Å². The zero-order chi connectivity index (χ0) is 25.2. The minimum absolute atomic E-state index is 0.164. The first kappa shape index (κ1) is 24.0. The molecule has 5 rings (SSSR count). The monoisotopic (exact) mass is 604 g/mol. The third-order valence-electron chi connectivity index (χ3n) is 5.71. The van der Waals surface area contributed by atoms with E-state index in [2.05, 4.69) is 37.2 Å². The van der Waals surface area contributed by atoms with E-state index in [1.54, 1.807) is 24.3 Å². The standard InChI is InChI=1S/C28H18Br2N2O4/c29-19-8-5-17(6-9-19)16-36-25-14-7-18-3-1-2-4-22(18)23(25)15-24-26(33)31-28(35)32(27(24)34)21-12-10-20(30)11-13-21/h1-15H,16H2,(H,31,33,35)/b24-15+. The molecule has 178 valence electrons. The molecular formula is C28H18Br2N2O4. The average molecular weight is 606 g/mol. The van der Waals surface area contributed by atoms with Crippen molar-refractivity contribution in [2.75, 3.05) is 4.90 Å². The second-order valence-electron chi connectivity index (χ2n) is 8.05. The van der Waals surface area contributed by atoms with Crippen LogP contribution in [0.3, 0.4) is 0 Å². The van der Waals surface area contributed by atoms with Gasteiger partial charge in [-0.2, -0.15) is 0 Å². The van der Waals surface area contributed by atoms with Crippen molar-refractivity contribution in [3.63, 3.8) is 0 Å². The summed E-state index contributed by atoms with van der Waals surface area (Å²) in [4.78, 5) is 39.7. The van der Waals surface area contributed by atoms with Gasteiger partial charge in [-0.1, -0.05) is 74.3 Å². The lowest BCUT2D eigenvalue weighted by atomic mass is 9.99. The maximum atomic E-state index is 13.4. The lowest BCUT2D eigenvalue weighted by molar-refractivity contribution is -0.122. The van der Waals surface area contributed by atoms with Crippen LogP contribution in [0.5, 0.6) is 5.75 Å². The fourth-order valence-corrected chi connectivity index (χ4v) is 4.45. The SMILES string of the molecule is O=C1NC(=O)N(c2ccc(Br)cc2)C(=O)/C1=C/c1c(OCc2ccc(Br)cc2)ccc2ccccc12. The number of carbonyl (C=O) groups excluding carboxylic acids is 3. The number of rotatable bonds is 5. The van der Waals surface area contributed by atoms with Gasteiger partial charge >= 0.3 is 6.03 Å². The fourth-order valence-electron chi connectivity index (χ4n) is 3.92. The first-order chi connectivity index (χ1) is 17.4. The van der Waals surface area contributed by atoms with Crippen LogP contribution in [-0.4, -0.2) is 17.8 Å². The van der Waals surface area contributed by atoms with Gasteiger partial charge in [0.05, 0.1) is 5.69 Å². The molecule has 1 aliphatic rings. The molecule has 1 N–H and O–H groups in total. The number of urea groups is 1. The van der Waals surface area contributed by atoms with Crippen LogP contribution in [0, 0.1) is 0 Å². The van der Waals surface area contributed by atoms with Crippen molar-refractivity contribution in [2.24, 2.45) is 0 Å². The minimum Gasteiger partial charge on any atom is -0.488 e. The number of barbiturate groups is 1. The van der Waals surface area contributed by atoms with Crippen molar-refractivity contribution in [2.45, 2.75) is 6.61 Å². The summed E-state index contributed by atoms with van der Waals surface area (Å²) in [6, 6.07) is 25.0. The summed E-state index contributed by atoms with van der Waals surface area (Å²) >= 11 is 6.77. The number of halogens is 2. The number of carbonyl (C=O) groups is 3. The predicted octanol–water partition coefficient (Wildman–Crippen LogP) is 6.61. The molecular weight excluding hydrogens is 588 g/mol. The van der Waals surface area contributed by atoms with Crippen molar-refractivity contribution in [3.8, 4) is 5.75 Å². The summed E-state index contributed by atoms with van der Waals surface area (Å²) in [5.41, 5.74) is 1.73. The van der Waals surface area contributed by atoms with Crippen LogP contribution in [0.2, 0.25) is 0 Å². The summed E-state index contributed by atoms with van der Waals surface area (Å²) in [5, 5.41) is 4.01. The molecule has 0 radical (unpaired) electrons. The molecule has 8 heteroatoms. The number of benzene rings is 4. The number of fused-ring (bicyclic) bond motifs is 1. The van der Waals surface area contributed by atoms with E-state index in [1.165, 1.54) is 6.08 Å². The molecule has 0 aliphatic carbocycles. The normalized spacial score (nSPS) is 14.9. The molecule has 1 fully saturated rings. The molecule has 6 nitrogen and oxygen atoms in total. The predicted molar refractivity (Wildman–Crippen MR) is 146 cm³/mol. The first-order valence-corrected chi connectivity index (χ1v) is 12.6. The Morgan fingerprint density at radius 1 is 0.806 bits per heavy atom. The molecule has 0 unspecified atom stereocenters. The molecule has 4 aromatic rings. The van der Waals surface area contributed by atoms with Gasteiger partial charge < -0.3 is 4.74 Å². The van der Waals surface area contributed by atoms with Gasteiger partial charge in [-0.25, -0.2) is 9.69 Å². The number of anilines is 1. The highest BCUT2D eigenvalue weighted by molar-refractivity contribution is 9.10. The zero-order valence-electron chi connectivity index (χ0n) is 18.7. The molecule has 1 saturated heterocycles. The van der Waals surface area contributed by atoms with E-state index in [0.29, 0.717) is 23.6 Å². The van der Waals surface area contributed by atoms with Crippen LogP contribution >= 0.6 is 31.9 Å². The van der Waals surface area contributed by atoms with Gasteiger partial charge in [-0.3, -0.25) is 14.9 Å². The van der Waals surface area contributed by atoms with Gasteiger partial charge in [-0.05, 0) is 64.9 Å². The Kier molecular flexibility index (Phi) is 6.71. The molecule has 0 aromatic heterocycles. The number of hydrogen-bond acceptors (Lipinski definition) is 4. The summed E-state index contributed by atoms with van der Waals surface area (Å²) < 4.78 is 7.90. The van der Waals surface area contributed by atoms with Crippen LogP contribution in [-0.2, 0) is 16.2 Å². The van der Waals surface area contributed by atoms with E-state index >= 15 is 0 Å². The van der Waals surface area contributed by atoms with Gasteiger partial charge in [0, 0.05) is 14.5 Å². The number of ether oxygens (including phenoxy) is 1. The maximum absolute atomic E-state index is 13.4. The Morgan fingerprint density at radius 3 is 2.19 bits per heavy atom. The molecule has 0 saturated carbocycles. The van der Waals surface area contributed by atoms with Crippen molar-refractivity contribution < 1.29 is 19.1 Å². The molecule has 1 aliphatic heterocycles. The molecule has 4 aromatic carbocycles. The highest BCUT2D eigenvalue weighted by atomic mass is 79.9. The lowest BCUT2D eigenvalue weighted by Crippen LogP contribution is -2.54. The van der Waals surface area contributed by atoms with Crippen molar-refractivity contribution in [3.05, 3.63) is 111 Å². The summed E-state index contributed by atoms with van der Waals surface area (Å²) in [6.07, 6.45) is 1.50. The molecule has 0 atom stereocenters. The smallest absolute Gasteiger partial charge is 0.335 e. The van der Waals surface area contributed by atoms with Crippen LogP contribution < -0.4 is 15.0 Å². The highest BCUT2D eigenvalue weighted by Gasteiger charge is 2.37. The fraction of sp³-hybridized carbons (Fsp3) is 0.0357. The van der Waals surface area contributed by atoms with Crippen LogP contribution in [0.4, 0.5) is 10.5 Å². The van der Waals surface area contributed by atoms with E-state index in [9.17, 15) is 14.4 Å². The van der Waals surface area contributed by atoms with Crippen LogP contribution in [0.15, 0.2) is 99.4 Å². The van der Waals surface area contributed by atoms with E-state index in [4.69, 9.17) is 4.74 Å². The number of nitrogens with zero attached hydrogens (tertiary/aromatic N) is 1. The van der Waals surface area contributed by atoms with Crippen molar-refractivity contribution in [1.82, 2.24) is 5.32 Å². The average Bonchev–Trinajstić information content (AvgIpc) is 2.87. The topological polar surface area (TPSA) is 75.7 Å². The summed E-state index contributed by atoms with van der Waals surface area (Å²) in [5.74, 6) is -0.958. The Labute approximate surface area is 223 Å².